The molecule has 0 spiro atoms. The minimum atomic E-state index is -3.68. The topological polar surface area (TPSA) is 72.9 Å². The van der Waals surface area contributed by atoms with Gasteiger partial charge in [-0.25, -0.2) is 0 Å². The van der Waals surface area contributed by atoms with Gasteiger partial charge in [0.15, 0.2) is 11.5 Å². The highest BCUT2D eigenvalue weighted by Crippen LogP contribution is 2.30. The maximum absolute atomic E-state index is 12.8. The zero-order valence-electron chi connectivity index (χ0n) is 16.0. The number of hydrogen-bond donors (Lipinski definition) is 0. The number of amides is 1. The van der Waals surface area contributed by atoms with Crippen molar-refractivity contribution in [3.8, 4) is 11.5 Å². The van der Waals surface area contributed by atoms with E-state index in [-0.39, 0.29) is 11.7 Å². The van der Waals surface area contributed by atoms with E-state index in [1.54, 1.807) is 34.4 Å². The molecular weight excluding hydrogens is 386 g/mol. The summed E-state index contributed by atoms with van der Waals surface area (Å²) >= 11 is 1.56. The Morgan fingerprint density at radius 3 is 2.52 bits per heavy atom. The van der Waals surface area contributed by atoms with Gasteiger partial charge in [-0.3, -0.25) is 4.79 Å². The van der Waals surface area contributed by atoms with Crippen molar-refractivity contribution in [1.29, 1.82) is 0 Å². The van der Waals surface area contributed by atoms with E-state index in [4.69, 9.17) is 8.92 Å². The number of hydrogen-bond acceptors (Lipinski definition) is 6. The first-order chi connectivity index (χ1) is 12.7. The van der Waals surface area contributed by atoms with E-state index < -0.39 is 10.1 Å². The number of nitrogens with zero attached hydrogens (tertiary/aromatic N) is 1. The lowest BCUT2D eigenvalue weighted by atomic mass is 10.1. The van der Waals surface area contributed by atoms with Gasteiger partial charge in [-0.15, -0.1) is 11.3 Å². The molecule has 27 heavy (non-hydrogen) atoms. The van der Waals surface area contributed by atoms with Crippen molar-refractivity contribution in [3.63, 3.8) is 0 Å². The number of thiophene rings is 1. The zero-order valence-corrected chi connectivity index (χ0v) is 17.6. The quantitative estimate of drug-likeness (QED) is 0.592. The van der Waals surface area contributed by atoms with Crippen molar-refractivity contribution >= 4 is 27.4 Å². The van der Waals surface area contributed by atoms with Gasteiger partial charge in [0, 0.05) is 18.0 Å². The van der Waals surface area contributed by atoms with Crippen LogP contribution in [0.3, 0.4) is 0 Å². The van der Waals surface area contributed by atoms with Gasteiger partial charge < -0.3 is 13.8 Å². The molecule has 1 aromatic heterocycles. The van der Waals surface area contributed by atoms with Crippen molar-refractivity contribution < 1.29 is 22.1 Å². The predicted molar refractivity (Wildman–Crippen MR) is 107 cm³/mol. The summed E-state index contributed by atoms with van der Waals surface area (Å²) in [6, 6.07) is 8.93. The molecule has 1 aromatic carbocycles. The van der Waals surface area contributed by atoms with Crippen molar-refractivity contribution in [1.82, 2.24) is 4.90 Å². The summed E-state index contributed by atoms with van der Waals surface area (Å²) < 4.78 is 33.2. The lowest BCUT2D eigenvalue weighted by Crippen LogP contribution is -2.34. The highest BCUT2D eigenvalue weighted by atomic mass is 32.2. The SMILES string of the molecule is COc1ccc(CN(CC(C)C)C(=O)Cc2cccs2)cc1OS(C)(=O)=O. The lowest BCUT2D eigenvalue weighted by Gasteiger charge is -2.25. The van der Waals surface area contributed by atoms with Gasteiger partial charge >= 0.3 is 10.1 Å². The molecule has 0 aliphatic heterocycles. The molecule has 0 saturated carbocycles. The Labute approximate surface area is 164 Å². The van der Waals surface area contributed by atoms with Crippen LogP contribution in [-0.2, 0) is 27.9 Å². The minimum Gasteiger partial charge on any atom is -0.493 e. The van der Waals surface area contributed by atoms with Crippen LogP contribution in [-0.4, -0.2) is 39.1 Å². The number of carbonyl (C=O) groups is 1. The van der Waals surface area contributed by atoms with E-state index in [2.05, 4.69) is 13.8 Å². The molecule has 0 saturated heterocycles. The van der Waals surface area contributed by atoms with Crippen LogP contribution in [0, 0.1) is 5.92 Å². The van der Waals surface area contributed by atoms with Gasteiger partial charge in [0.25, 0.3) is 0 Å². The molecule has 2 rings (SSSR count). The van der Waals surface area contributed by atoms with Crippen molar-refractivity contribution in [3.05, 3.63) is 46.2 Å². The molecule has 1 amide bonds. The lowest BCUT2D eigenvalue weighted by molar-refractivity contribution is -0.131. The Hall–Kier alpha value is -2.06. The summed E-state index contributed by atoms with van der Waals surface area (Å²) in [6.45, 7) is 5.08. The highest BCUT2D eigenvalue weighted by molar-refractivity contribution is 7.86. The van der Waals surface area contributed by atoms with Gasteiger partial charge in [0.05, 0.1) is 19.8 Å². The first kappa shape index (κ1) is 21.2. The summed E-state index contributed by atoms with van der Waals surface area (Å²) in [5, 5.41) is 1.95. The first-order valence-corrected chi connectivity index (χ1v) is 11.2. The molecule has 6 nitrogen and oxygen atoms in total. The first-order valence-electron chi connectivity index (χ1n) is 8.54. The van der Waals surface area contributed by atoms with Gasteiger partial charge in [0.1, 0.15) is 0 Å². The fourth-order valence-electron chi connectivity index (χ4n) is 2.64. The van der Waals surface area contributed by atoms with Crippen LogP contribution in [0.2, 0.25) is 0 Å². The van der Waals surface area contributed by atoms with Crippen LogP contribution < -0.4 is 8.92 Å². The molecule has 1 heterocycles. The van der Waals surface area contributed by atoms with E-state index >= 15 is 0 Å². The number of ether oxygens (including phenoxy) is 1. The molecule has 0 radical (unpaired) electrons. The monoisotopic (exact) mass is 411 g/mol. The molecule has 0 fully saturated rings. The largest absolute Gasteiger partial charge is 0.493 e. The fraction of sp³-hybridized carbons (Fsp3) is 0.421. The van der Waals surface area contributed by atoms with Crippen LogP contribution in [0.15, 0.2) is 35.7 Å². The Balaban J connectivity index is 2.22. The smallest absolute Gasteiger partial charge is 0.306 e. The van der Waals surface area contributed by atoms with Crippen LogP contribution in [0.25, 0.3) is 0 Å². The van der Waals surface area contributed by atoms with Gasteiger partial charge in [0.2, 0.25) is 5.91 Å². The Bertz CT molecular complexity index is 860. The molecule has 2 aromatic rings. The summed E-state index contributed by atoms with van der Waals surface area (Å²) in [4.78, 5) is 15.6. The number of carbonyl (C=O) groups excluding carboxylic acids is 1. The number of rotatable bonds is 9. The molecule has 0 bridgehead atoms. The minimum absolute atomic E-state index is 0.0348. The van der Waals surface area contributed by atoms with Crippen LogP contribution in [0.4, 0.5) is 0 Å². The standard InChI is InChI=1S/C19H25NO5S2/c1-14(2)12-20(19(21)11-16-6-5-9-26-16)13-15-7-8-17(24-3)18(10-15)25-27(4,22)23/h5-10,14H,11-13H2,1-4H3. The van der Waals surface area contributed by atoms with Crippen LogP contribution in [0.1, 0.15) is 24.3 Å². The zero-order chi connectivity index (χ0) is 20.0. The second-order valence-electron chi connectivity index (χ2n) is 6.70. The van der Waals surface area contributed by atoms with E-state index in [0.717, 1.165) is 16.7 Å². The molecule has 148 valence electrons. The van der Waals surface area contributed by atoms with Crippen molar-refractivity contribution in [2.24, 2.45) is 5.92 Å². The Kier molecular flexibility index (Phi) is 7.26. The molecule has 8 heteroatoms. The van der Waals surface area contributed by atoms with E-state index in [1.807, 2.05) is 17.5 Å². The van der Waals surface area contributed by atoms with Gasteiger partial charge in [-0.1, -0.05) is 26.0 Å². The number of benzene rings is 1. The van der Waals surface area contributed by atoms with Crippen molar-refractivity contribution in [2.75, 3.05) is 19.9 Å². The van der Waals surface area contributed by atoms with E-state index in [1.165, 1.54) is 7.11 Å². The molecular formula is C19H25NO5S2. The molecule has 0 unspecified atom stereocenters. The third-order valence-corrected chi connectivity index (χ3v) is 5.05. The molecule has 0 N–H and O–H groups in total. The average Bonchev–Trinajstić information content (AvgIpc) is 3.05. The summed E-state index contributed by atoms with van der Waals surface area (Å²) in [5.41, 5.74) is 0.773. The second-order valence-corrected chi connectivity index (χ2v) is 9.30. The molecule has 0 aliphatic carbocycles. The maximum Gasteiger partial charge on any atom is 0.306 e. The highest BCUT2D eigenvalue weighted by Gasteiger charge is 2.18. The summed E-state index contributed by atoms with van der Waals surface area (Å²) in [6.07, 6.45) is 1.34. The van der Waals surface area contributed by atoms with Crippen molar-refractivity contribution in [2.45, 2.75) is 26.8 Å². The third kappa shape index (κ3) is 6.88. The molecule has 0 atom stereocenters. The third-order valence-electron chi connectivity index (χ3n) is 3.69. The fourth-order valence-corrected chi connectivity index (χ4v) is 3.79. The second kappa shape index (κ2) is 9.23. The van der Waals surface area contributed by atoms with Crippen LogP contribution in [0.5, 0.6) is 11.5 Å². The summed E-state index contributed by atoms with van der Waals surface area (Å²) in [7, 11) is -2.24. The average molecular weight is 412 g/mol. The van der Waals surface area contributed by atoms with Gasteiger partial charge in [-0.2, -0.15) is 8.42 Å². The number of methoxy groups -OCH3 is 1. The maximum atomic E-state index is 12.8. The van der Waals surface area contributed by atoms with E-state index in [0.29, 0.717) is 31.2 Å². The Morgan fingerprint density at radius 1 is 1.22 bits per heavy atom. The van der Waals surface area contributed by atoms with Crippen LogP contribution >= 0.6 is 11.3 Å². The normalized spacial score (nSPS) is 11.4. The van der Waals surface area contributed by atoms with Gasteiger partial charge in [-0.05, 0) is 35.1 Å². The Morgan fingerprint density at radius 2 is 1.96 bits per heavy atom. The molecule has 0 aliphatic rings. The predicted octanol–water partition coefficient (Wildman–Crippen LogP) is 3.32. The van der Waals surface area contributed by atoms with E-state index in [9.17, 15) is 13.2 Å². The summed E-state index contributed by atoms with van der Waals surface area (Å²) in [5.74, 6) is 0.784.